The van der Waals surface area contributed by atoms with Crippen LogP contribution in [0.4, 0.5) is 4.39 Å². The molecule has 1 aromatic carbocycles. The highest BCUT2D eigenvalue weighted by molar-refractivity contribution is 7.89. The van der Waals surface area contributed by atoms with Gasteiger partial charge in [0.05, 0.1) is 5.56 Å². The quantitative estimate of drug-likeness (QED) is 0.632. The van der Waals surface area contributed by atoms with Crippen LogP contribution in [-0.4, -0.2) is 23.1 Å². The van der Waals surface area contributed by atoms with Crippen LogP contribution in [0.3, 0.4) is 0 Å². The topological polar surface area (TPSA) is 90.0 Å². The van der Waals surface area contributed by atoms with Crippen molar-refractivity contribution in [3.8, 4) is 11.5 Å². The summed E-state index contributed by atoms with van der Waals surface area (Å²) in [5, 5.41) is 4.03. The van der Waals surface area contributed by atoms with Crippen molar-refractivity contribution in [2.75, 3.05) is 0 Å². The summed E-state index contributed by atoms with van der Waals surface area (Å²) in [7, 11) is -3.96. The van der Waals surface area contributed by atoms with Crippen molar-refractivity contribution in [2.45, 2.75) is 57.5 Å². The van der Waals surface area contributed by atoms with Crippen LogP contribution in [0.25, 0.3) is 11.5 Å². The summed E-state index contributed by atoms with van der Waals surface area (Å²) in [6.45, 7) is 5.97. The van der Waals surface area contributed by atoms with Crippen molar-refractivity contribution in [3.63, 3.8) is 0 Å². The van der Waals surface area contributed by atoms with Gasteiger partial charge in [-0.25, -0.2) is 17.5 Å². The standard InChI is InChI=1S/C20H23FN4O3S/c1-4-25-12(2)17(20-23-19(24-28-20)14-9-10-14)18(13(25)3)29(26,27)22-11-15-7-5-6-8-16(15)21/h5-8,14,22H,4,9-11H2,1-3H3. The van der Waals surface area contributed by atoms with Gasteiger partial charge in [-0.05, 0) is 39.7 Å². The molecule has 0 aliphatic heterocycles. The lowest BCUT2D eigenvalue weighted by molar-refractivity contribution is 0.421. The van der Waals surface area contributed by atoms with Crippen molar-refractivity contribution < 1.29 is 17.3 Å². The molecule has 1 N–H and O–H groups in total. The first-order chi connectivity index (χ1) is 13.8. The van der Waals surface area contributed by atoms with Crippen molar-refractivity contribution in [3.05, 3.63) is 52.9 Å². The molecule has 0 bridgehead atoms. The summed E-state index contributed by atoms with van der Waals surface area (Å²) in [5.74, 6) is 0.650. The molecule has 1 aliphatic carbocycles. The Kier molecular flexibility index (Phi) is 5.04. The van der Waals surface area contributed by atoms with Crippen LogP contribution in [-0.2, 0) is 23.1 Å². The van der Waals surface area contributed by atoms with E-state index in [0.717, 1.165) is 18.5 Å². The van der Waals surface area contributed by atoms with Crippen molar-refractivity contribution in [2.24, 2.45) is 0 Å². The molecule has 0 amide bonds. The maximum atomic E-state index is 13.9. The van der Waals surface area contributed by atoms with E-state index in [4.69, 9.17) is 4.52 Å². The molecule has 3 aromatic rings. The van der Waals surface area contributed by atoms with Crippen LogP contribution in [0.15, 0.2) is 33.7 Å². The Morgan fingerprint density at radius 3 is 2.62 bits per heavy atom. The number of sulfonamides is 1. The molecule has 0 spiro atoms. The Labute approximate surface area is 169 Å². The Bertz CT molecular complexity index is 1160. The van der Waals surface area contributed by atoms with Gasteiger partial charge < -0.3 is 9.09 Å². The van der Waals surface area contributed by atoms with E-state index < -0.39 is 15.8 Å². The lowest BCUT2D eigenvalue weighted by Crippen LogP contribution is -2.24. The summed E-state index contributed by atoms with van der Waals surface area (Å²) < 4.78 is 50.2. The molecular weight excluding hydrogens is 395 g/mol. The van der Waals surface area contributed by atoms with Gasteiger partial charge in [0.15, 0.2) is 5.82 Å². The van der Waals surface area contributed by atoms with Gasteiger partial charge in [0, 0.05) is 36.0 Å². The van der Waals surface area contributed by atoms with Gasteiger partial charge in [0.2, 0.25) is 10.0 Å². The Morgan fingerprint density at radius 1 is 1.24 bits per heavy atom. The molecule has 2 heterocycles. The molecule has 1 fully saturated rings. The number of nitrogens with zero attached hydrogens (tertiary/aromatic N) is 3. The first-order valence-electron chi connectivity index (χ1n) is 9.60. The molecule has 0 radical (unpaired) electrons. The molecule has 9 heteroatoms. The molecule has 0 atom stereocenters. The maximum Gasteiger partial charge on any atom is 0.261 e. The number of hydrogen-bond donors (Lipinski definition) is 1. The number of rotatable bonds is 7. The minimum absolute atomic E-state index is 0.0965. The van der Waals surface area contributed by atoms with E-state index in [-0.39, 0.29) is 22.9 Å². The molecule has 0 unspecified atom stereocenters. The SMILES string of the molecule is CCn1c(C)c(-c2nc(C3CC3)no2)c(S(=O)(=O)NCc2ccccc2F)c1C. The summed E-state index contributed by atoms with van der Waals surface area (Å²) in [6, 6.07) is 6.08. The molecule has 1 saturated carbocycles. The third-order valence-corrected chi connectivity index (χ3v) is 6.88. The zero-order valence-corrected chi connectivity index (χ0v) is 17.4. The molecule has 2 aromatic heterocycles. The van der Waals surface area contributed by atoms with Crippen molar-refractivity contribution in [1.82, 2.24) is 19.4 Å². The van der Waals surface area contributed by atoms with Crippen LogP contribution in [0.5, 0.6) is 0 Å². The van der Waals surface area contributed by atoms with E-state index >= 15 is 0 Å². The van der Waals surface area contributed by atoms with E-state index in [0.29, 0.717) is 29.5 Å². The maximum absolute atomic E-state index is 13.9. The number of aromatic nitrogens is 3. The average Bonchev–Trinajstić information content (AvgIpc) is 3.36. The van der Waals surface area contributed by atoms with Crippen LogP contribution >= 0.6 is 0 Å². The largest absolute Gasteiger partial charge is 0.347 e. The molecule has 4 rings (SSSR count). The minimum atomic E-state index is -3.96. The van der Waals surface area contributed by atoms with Crippen molar-refractivity contribution >= 4 is 10.0 Å². The summed E-state index contributed by atoms with van der Waals surface area (Å²) in [4.78, 5) is 4.55. The first kappa shape index (κ1) is 19.8. The van der Waals surface area contributed by atoms with Crippen LogP contribution < -0.4 is 4.72 Å². The predicted octanol–water partition coefficient (Wildman–Crippen LogP) is 3.67. The minimum Gasteiger partial charge on any atom is -0.347 e. The van der Waals surface area contributed by atoms with E-state index in [1.54, 1.807) is 25.1 Å². The van der Waals surface area contributed by atoms with E-state index in [9.17, 15) is 12.8 Å². The highest BCUT2D eigenvalue weighted by Crippen LogP contribution is 2.40. The lowest BCUT2D eigenvalue weighted by atomic mass is 10.2. The van der Waals surface area contributed by atoms with E-state index in [2.05, 4.69) is 14.9 Å². The number of hydrogen-bond acceptors (Lipinski definition) is 5. The highest BCUT2D eigenvalue weighted by atomic mass is 32.2. The van der Waals surface area contributed by atoms with Gasteiger partial charge >= 0.3 is 0 Å². The Hall–Kier alpha value is -2.52. The zero-order chi connectivity index (χ0) is 20.8. The predicted molar refractivity (Wildman–Crippen MR) is 105 cm³/mol. The molecule has 0 saturated heterocycles. The fourth-order valence-corrected chi connectivity index (χ4v) is 5.13. The number of nitrogens with one attached hydrogen (secondary N) is 1. The first-order valence-corrected chi connectivity index (χ1v) is 11.1. The highest BCUT2D eigenvalue weighted by Gasteiger charge is 2.34. The van der Waals surface area contributed by atoms with Crippen LogP contribution in [0.1, 0.15) is 48.5 Å². The monoisotopic (exact) mass is 418 g/mol. The molecule has 1 aliphatic rings. The Balaban J connectivity index is 1.76. The second kappa shape index (κ2) is 7.38. The van der Waals surface area contributed by atoms with Gasteiger partial charge in [0.1, 0.15) is 10.7 Å². The molecule has 29 heavy (non-hydrogen) atoms. The molecule has 154 valence electrons. The molecule has 7 nitrogen and oxygen atoms in total. The fraction of sp³-hybridized carbons (Fsp3) is 0.400. The second-order valence-corrected chi connectivity index (χ2v) is 8.97. The van der Waals surface area contributed by atoms with E-state index in [1.165, 1.54) is 6.07 Å². The van der Waals surface area contributed by atoms with Gasteiger partial charge in [0.25, 0.3) is 5.89 Å². The van der Waals surface area contributed by atoms with Crippen LogP contribution in [0, 0.1) is 19.7 Å². The zero-order valence-electron chi connectivity index (χ0n) is 16.6. The molecular formula is C20H23FN4O3S. The normalized spacial score (nSPS) is 14.5. The average molecular weight is 418 g/mol. The summed E-state index contributed by atoms with van der Waals surface area (Å²) >= 11 is 0. The number of halogens is 1. The van der Waals surface area contributed by atoms with Gasteiger partial charge in [-0.2, -0.15) is 4.98 Å². The van der Waals surface area contributed by atoms with Gasteiger partial charge in [-0.1, -0.05) is 23.4 Å². The number of benzene rings is 1. The van der Waals surface area contributed by atoms with E-state index in [1.807, 2.05) is 18.4 Å². The van der Waals surface area contributed by atoms with Crippen LogP contribution in [0.2, 0.25) is 0 Å². The summed E-state index contributed by atoms with van der Waals surface area (Å²) in [5.41, 5.74) is 2.00. The fourth-order valence-electron chi connectivity index (χ4n) is 3.64. The van der Waals surface area contributed by atoms with Gasteiger partial charge in [-0.3, -0.25) is 0 Å². The summed E-state index contributed by atoms with van der Waals surface area (Å²) in [6.07, 6.45) is 2.03. The van der Waals surface area contributed by atoms with Crippen molar-refractivity contribution in [1.29, 1.82) is 0 Å². The third kappa shape index (κ3) is 3.60. The van der Waals surface area contributed by atoms with Gasteiger partial charge in [-0.15, -0.1) is 0 Å². The second-order valence-electron chi connectivity index (χ2n) is 7.27. The third-order valence-electron chi connectivity index (χ3n) is 5.32. The lowest BCUT2D eigenvalue weighted by Gasteiger charge is -2.09. The smallest absolute Gasteiger partial charge is 0.261 e. The Morgan fingerprint density at radius 2 is 1.97 bits per heavy atom.